The molecule has 0 saturated heterocycles. The van der Waals surface area contributed by atoms with Crippen molar-refractivity contribution in [3.63, 3.8) is 0 Å². The van der Waals surface area contributed by atoms with Crippen LogP contribution in [0.25, 0.3) is 0 Å². The van der Waals surface area contributed by atoms with Gasteiger partial charge in [0.05, 0.1) is 0 Å². The fourth-order valence-electron chi connectivity index (χ4n) is 1.82. The van der Waals surface area contributed by atoms with Gasteiger partial charge in [-0.05, 0) is 30.5 Å². The maximum Gasteiger partial charge on any atom is 0.0378 e. The van der Waals surface area contributed by atoms with Crippen LogP contribution in [0.2, 0.25) is 0 Å². The summed E-state index contributed by atoms with van der Waals surface area (Å²) in [6.45, 7) is 2.85. The van der Waals surface area contributed by atoms with E-state index in [2.05, 4.69) is 30.4 Å². The zero-order valence-corrected chi connectivity index (χ0v) is 7.30. The van der Waals surface area contributed by atoms with E-state index in [9.17, 15) is 0 Å². The zero-order valence-electron chi connectivity index (χ0n) is 7.30. The van der Waals surface area contributed by atoms with Gasteiger partial charge in [-0.1, -0.05) is 12.1 Å². The lowest BCUT2D eigenvalue weighted by molar-refractivity contribution is 0.831. The first-order valence-corrected chi connectivity index (χ1v) is 4.38. The molecule has 2 rings (SSSR count). The van der Waals surface area contributed by atoms with Crippen molar-refractivity contribution in [1.82, 2.24) is 0 Å². The predicted molar refractivity (Wildman–Crippen MR) is 51.1 cm³/mol. The molecule has 64 valence electrons. The molecule has 0 bridgehead atoms. The fourth-order valence-corrected chi connectivity index (χ4v) is 1.82. The van der Waals surface area contributed by atoms with Crippen molar-refractivity contribution in [1.29, 1.82) is 0 Å². The first kappa shape index (κ1) is 7.62. The summed E-state index contributed by atoms with van der Waals surface area (Å²) >= 11 is 0. The molecule has 1 heterocycles. The molecule has 1 unspecified atom stereocenters. The van der Waals surface area contributed by atoms with Gasteiger partial charge in [0.1, 0.15) is 0 Å². The van der Waals surface area contributed by atoms with Crippen LogP contribution in [0.5, 0.6) is 0 Å². The van der Waals surface area contributed by atoms with Gasteiger partial charge in [-0.3, -0.25) is 0 Å². The maximum absolute atomic E-state index is 5.64. The van der Waals surface area contributed by atoms with Gasteiger partial charge < -0.3 is 11.1 Å². The normalized spacial score (nSPS) is 20.3. The van der Waals surface area contributed by atoms with Crippen molar-refractivity contribution in [2.75, 3.05) is 5.32 Å². The molecule has 0 aromatic heterocycles. The van der Waals surface area contributed by atoms with Gasteiger partial charge in [-0.2, -0.15) is 0 Å². The molecular formula is C10H14N2. The van der Waals surface area contributed by atoms with Crippen LogP contribution in [0.4, 0.5) is 5.69 Å². The minimum Gasteiger partial charge on any atom is -0.382 e. The molecule has 0 aliphatic carbocycles. The minimum absolute atomic E-state index is 0.563. The summed E-state index contributed by atoms with van der Waals surface area (Å²) in [5, 5.41) is 3.42. The fraction of sp³-hybridized carbons (Fsp3) is 0.400. The van der Waals surface area contributed by atoms with Crippen LogP contribution >= 0.6 is 0 Å². The molecule has 0 amide bonds. The maximum atomic E-state index is 5.64. The molecule has 0 radical (unpaired) electrons. The Kier molecular flexibility index (Phi) is 1.77. The highest BCUT2D eigenvalue weighted by atomic mass is 14.9. The first-order chi connectivity index (χ1) is 5.81. The summed E-state index contributed by atoms with van der Waals surface area (Å²) in [6, 6.07) is 6.86. The third-order valence-corrected chi connectivity index (χ3v) is 2.41. The van der Waals surface area contributed by atoms with Crippen LogP contribution in [0, 0.1) is 0 Å². The third kappa shape index (κ3) is 1.08. The van der Waals surface area contributed by atoms with E-state index in [4.69, 9.17) is 5.73 Å². The molecule has 0 fully saturated rings. The Bertz CT molecular complexity index is 294. The summed E-state index contributed by atoms with van der Waals surface area (Å²) in [5.41, 5.74) is 9.60. The Morgan fingerprint density at radius 2 is 2.42 bits per heavy atom. The Labute approximate surface area is 72.8 Å². The molecule has 12 heavy (non-hydrogen) atoms. The second-order valence-corrected chi connectivity index (χ2v) is 3.40. The Morgan fingerprint density at radius 3 is 3.17 bits per heavy atom. The highest BCUT2D eigenvalue weighted by molar-refractivity contribution is 5.59. The van der Waals surface area contributed by atoms with E-state index < -0.39 is 0 Å². The van der Waals surface area contributed by atoms with E-state index in [0.717, 1.165) is 6.42 Å². The highest BCUT2D eigenvalue weighted by Crippen LogP contribution is 2.28. The average molecular weight is 162 g/mol. The van der Waals surface area contributed by atoms with Crippen molar-refractivity contribution >= 4 is 5.69 Å². The largest absolute Gasteiger partial charge is 0.382 e. The van der Waals surface area contributed by atoms with E-state index in [1.54, 1.807) is 0 Å². The number of hydrogen-bond acceptors (Lipinski definition) is 2. The molecule has 1 aromatic rings. The number of rotatable bonds is 1. The van der Waals surface area contributed by atoms with Crippen LogP contribution in [-0.2, 0) is 13.0 Å². The summed E-state index contributed by atoms with van der Waals surface area (Å²) in [7, 11) is 0. The lowest BCUT2D eigenvalue weighted by Crippen LogP contribution is -2.08. The lowest BCUT2D eigenvalue weighted by Gasteiger charge is -2.03. The topological polar surface area (TPSA) is 38.0 Å². The van der Waals surface area contributed by atoms with E-state index >= 15 is 0 Å². The van der Waals surface area contributed by atoms with Crippen LogP contribution in [-0.4, -0.2) is 6.04 Å². The molecule has 1 aliphatic heterocycles. The molecule has 1 aliphatic rings. The summed E-state index contributed by atoms with van der Waals surface area (Å²) < 4.78 is 0. The molecule has 2 nitrogen and oxygen atoms in total. The number of nitrogens with one attached hydrogen (secondary N) is 1. The Hall–Kier alpha value is -1.02. The second kappa shape index (κ2) is 2.79. The van der Waals surface area contributed by atoms with Gasteiger partial charge in [-0.25, -0.2) is 0 Å². The van der Waals surface area contributed by atoms with E-state index in [-0.39, 0.29) is 0 Å². The standard InChI is InChI=1S/C10H14N2/c1-7-5-9-8(6-11)3-2-4-10(9)12-7/h2-4,7,12H,5-6,11H2,1H3. The monoisotopic (exact) mass is 162 g/mol. The van der Waals surface area contributed by atoms with Gasteiger partial charge in [0.2, 0.25) is 0 Å². The summed E-state index contributed by atoms with van der Waals surface area (Å²) in [5.74, 6) is 0. The Balaban J connectivity index is 2.44. The van der Waals surface area contributed by atoms with Crippen LogP contribution in [0.3, 0.4) is 0 Å². The van der Waals surface area contributed by atoms with Crippen LogP contribution in [0.15, 0.2) is 18.2 Å². The van der Waals surface area contributed by atoms with Crippen LogP contribution in [0.1, 0.15) is 18.1 Å². The number of benzene rings is 1. The average Bonchev–Trinajstić information content (AvgIpc) is 2.44. The number of nitrogens with two attached hydrogens (primary N) is 1. The van der Waals surface area contributed by atoms with Crippen molar-refractivity contribution in [3.05, 3.63) is 29.3 Å². The number of fused-ring (bicyclic) bond motifs is 1. The zero-order chi connectivity index (χ0) is 8.55. The number of anilines is 1. The Morgan fingerprint density at radius 1 is 1.58 bits per heavy atom. The number of hydrogen-bond donors (Lipinski definition) is 2. The second-order valence-electron chi connectivity index (χ2n) is 3.40. The predicted octanol–water partition coefficient (Wildman–Crippen LogP) is 1.50. The smallest absolute Gasteiger partial charge is 0.0378 e. The summed E-state index contributed by atoms with van der Waals surface area (Å²) in [4.78, 5) is 0. The highest BCUT2D eigenvalue weighted by Gasteiger charge is 2.18. The molecule has 1 atom stereocenters. The summed E-state index contributed by atoms with van der Waals surface area (Å²) in [6.07, 6.45) is 1.11. The molecule has 0 saturated carbocycles. The molecular weight excluding hydrogens is 148 g/mol. The van der Waals surface area contributed by atoms with E-state index in [1.165, 1.54) is 16.8 Å². The van der Waals surface area contributed by atoms with Crippen molar-refractivity contribution in [2.24, 2.45) is 5.73 Å². The van der Waals surface area contributed by atoms with Gasteiger partial charge in [-0.15, -0.1) is 0 Å². The molecule has 3 N–H and O–H groups in total. The first-order valence-electron chi connectivity index (χ1n) is 4.38. The lowest BCUT2D eigenvalue weighted by atomic mass is 10.0. The SMILES string of the molecule is CC1Cc2c(CN)cccc2N1. The quantitative estimate of drug-likeness (QED) is 0.656. The van der Waals surface area contributed by atoms with Gasteiger partial charge in [0.15, 0.2) is 0 Å². The van der Waals surface area contributed by atoms with Crippen LogP contribution < -0.4 is 11.1 Å². The molecule has 1 aromatic carbocycles. The van der Waals surface area contributed by atoms with Crippen molar-refractivity contribution < 1.29 is 0 Å². The van der Waals surface area contributed by atoms with Crippen molar-refractivity contribution in [2.45, 2.75) is 25.9 Å². The van der Waals surface area contributed by atoms with E-state index in [1.807, 2.05) is 0 Å². The van der Waals surface area contributed by atoms with E-state index in [0.29, 0.717) is 12.6 Å². The van der Waals surface area contributed by atoms with Gasteiger partial charge in [0.25, 0.3) is 0 Å². The van der Waals surface area contributed by atoms with Crippen molar-refractivity contribution in [3.8, 4) is 0 Å². The minimum atomic E-state index is 0.563. The third-order valence-electron chi connectivity index (χ3n) is 2.41. The van der Waals surface area contributed by atoms with Gasteiger partial charge >= 0.3 is 0 Å². The van der Waals surface area contributed by atoms with Gasteiger partial charge in [0, 0.05) is 18.3 Å². The molecule has 0 spiro atoms. The molecule has 2 heteroatoms.